The van der Waals surface area contributed by atoms with Crippen LogP contribution in [0.15, 0.2) is 41.5 Å². The first kappa shape index (κ1) is 21.5. The minimum atomic E-state index is -0.102. The summed E-state index contributed by atoms with van der Waals surface area (Å²) in [5.41, 5.74) is 8.54. The summed E-state index contributed by atoms with van der Waals surface area (Å²) >= 11 is 0. The van der Waals surface area contributed by atoms with Gasteiger partial charge in [-0.2, -0.15) is 0 Å². The van der Waals surface area contributed by atoms with Crippen molar-refractivity contribution < 1.29 is 5.11 Å². The zero-order chi connectivity index (χ0) is 22.0. The highest BCUT2D eigenvalue weighted by Crippen LogP contribution is 2.65. The van der Waals surface area contributed by atoms with Crippen LogP contribution in [0.1, 0.15) is 82.4 Å². The third-order valence-electron chi connectivity index (χ3n) is 10.4. The first-order chi connectivity index (χ1) is 14.7. The molecule has 168 valence electrons. The second kappa shape index (κ2) is 7.62. The van der Waals surface area contributed by atoms with Crippen molar-refractivity contribution in [3.05, 3.63) is 58.2 Å². The van der Waals surface area contributed by atoms with E-state index in [4.69, 9.17) is 0 Å². The number of rotatable bonds is 3. The fraction of sp³-hybridized carbons (Fsp3) is 0.667. The molecule has 0 aromatic heterocycles. The molecule has 1 N–H and O–H groups in total. The van der Waals surface area contributed by atoms with E-state index in [-0.39, 0.29) is 6.10 Å². The SMILES string of the molecule is Cc1cccc(C)c1C[C@@H](C)C1=CC[C@H]2[C@@H]3CC=C4C[C@@H](O)CC[C@]4(C)[C@H]3CC[C@]12C. The maximum Gasteiger partial charge on any atom is 0.0577 e. The summed E-state index contributed by atoms with van der Waals surface area (Å²) < 4.78 is 0. The molecular weight excluding hydrogens is 376 g/mol. The zero-order valence-electron chi connectivity index (χ0n) is 20.4. The van der Waals surface area contributed by atoms with Gasteiger partial charge in [0.25, 0.3) is 0 Å². The van der Waals surface area contributed by atoms with Gasteiger partial charge in [-0.15, -0.1) is 0 Å². The van der Waals surface area contributed by atoms with Crippen LogP contribution in [0.4, 0.5) is 0 Å². The Kier molecular flexibility index (Phi) is 5.28. The largest absolute Gasteiger partial charge is 0.393 e. The molecule has 0 radical (unpaired) electrons. The molecule has 0 saturated heterocycles. The molecule has 31 heavy (non-hydrogen) atoms. The summed E-state index contributed by atoms with van der Waals surface area (Å²) in [5, 5.41) is 10.3. The van der Waals surface area contributed by atoms with Crippen molar-refractivity contribution in [2.75, 3.05) is 0 Å². The van der Waals surface area contributed by atoms with Crippen LogP contribution in [0.2, 0.25) is 0 Å². The van der Waals surface area contributed by atoms with Gasteiger partial charge in [-0.3, -0.25) is 0 Å². The van der Waals surface area contributed by atoms with Crippen LogP contribution >= 0.6 is 0 Å². The van der Waals surface area contributed by atoms with Gasteiger partial charge in [0.2, 0.25) is 0 Å². The number of fused-ring (bicyclic) bond motifs is 5. The third-order valence-corrected chi connectivity index (χ3v) is 10.4. The van der Waals surface area contributed by atoms with Gasteiger partial charge in [0.05, 0.1) is 6.10 Å². The van der Waals surface area contributed by atoms with E-state index in [9.17, 15) is 5.11 Å². The molecule has 0 spiro atoms. The van der Waals surface area contributed by atoms with Crippen molar-refractivity contribution in [3.8, 4) is 0 Å². The summed E-state index contributed by atoms with van der Waals surface area (Å²) in [6, 6.07) is 6.76. The van der Waals surface area contributed by atoms with Crippen molar-refractivity contribution in [1.29, 1.82) is 0 Å². The lowest BCUT2D eigenvalue weighted by molar-refractivity contribution is -0.0314. The number of benzene rings is 1. The van der Waals surface area contributed by atoms with Crippen LogP contribution < -0.4 is 0 Å². The number of aliphatic hydroxyl groups is 1. The fourth-order valence-corrected chi connectivity index (χ4v) is 8.59. The maximum atomic E-state index is 10.3. The van der Waals surface area contributed by atoms with Crippen LogP contribution in [0.5, 0.6) is 0 Å². The molecule has 0 bridgehead atoms. The van der Waals surface area contributed by atoms with Crippen molar-refractivity contribution in [3.63, 3.8) is 0 Å². The number of hydrogen-bond acceptors (Lipinski definition) is 1. The molecule has 4 aliphatic rings. The van der Waals surface area contributed by atoms with Crippen molar-refractivity contribution >= 4 is 0 Å². The monoisotopic (exact) mass is 418 g/mol. The predicted octanol–water partition coefficient (Wildman–Crippen LogP) is 7.34. The minimum absolute atomic E-state index is 0.102. The lowest BCUT2D eigenvalue weighted by Gasteiger charge is -2.58. The summed E-state index contributed by atoms with van der Waals surface area (Å²) in [5.74, 6) is 3.08. The van der Waals surface area contributed by atoms with E-state index >= 15 is 0 Å². The Balaban J connectivity index is 1.39. The average molecular weight is 419 g/mol. The number of hydrogen-bond donors (Lipinski definition) is 1. The molecular formula is C30H42O. The maximum absolute atomic E-state index is 10.3. The highest BCUT2D eigenvalue weighted by atomic mass is 16.3. The van der Waals surface area contributed by atoms with Crippen molar-refractivity contribution in [2.24, 2.45) is 34.5 Å². The highest BCUT2D eigenvalue weighted by molar-refractivity contribution is 5.37. The van der Waals surface area contributed by atoms with E-state index < -0.39 is 0 Å². The molecule has 1 aromatic carbocycles. The topological polar surface area (TPSA) is 20.2 Å². The van der Waals surface area contributed by atoms with Gasteiger partial charge in [0, 0.05) is 0 Å². The van der Waals surface area contributed by atoms with Gasteiger partial charge in [-0.05, 0) is 116 Å². The Morgan fingerprint density at radius 1 is 0.968 bits per heavy atom. The van der Waals surface area contributed by atoms with Crippen LogP contribution in [-0.4, -0.2) is 11.2 Å². The predicted molar refractivity (Wildman–Crippen MR) is 130 cm³/mol. The van der Waals surface area contributed by atoms with Gasteiger partial charge in [-0.25, -0.2) is 0 Å². The molecule has 0 amide bonds. The van der Waals surface area contributed by atoms with E-state index in [0.717, 1.165) is 30.6 Å². The van der Waals surface area contributed by atoms with Crippen LogP contribution in [0.3, 0.4) is 0 Å². The Bertz CT molecular complexity index is 902. The minimum Gasteiger partial charge on any atom is -0.393 e. The van der Waals surface area contributed by atoms with Crippen molar-refractivity contribution in [2.45, 2.75) is 92.1 Å². The van der Waals surface area contributed by atoms with Gasteiger partial charge < -0.3 is 5.11 Å². The number of aryl methyl sites for hydroxylation is 2. The van der Waals surface area contributed by atoms with E-state index in [0.29, 0.717) is 16.7 Å². The number of allylic oxidation sites excluding steroid dienone is 3. The molecule has 1 heteroatoms. The average Bonchev–Trinajstić information content (AvgIpc) is 3.08. The second-order valence-corrected chi connectivity index (χ2v) is 12.0. The lowest BCUT2D eigenvalue weighted by Crippen LogP contribution is -2.50. The molecule has 7 atom stereocenters. The lowest BCUT2D eigenvalue weighted by atomic mass is 9.47. The molecule has 1 aromatic rings. The van der Waals surface area contributed by atoms with Gasteiger partial charge in [-0.1, -0.05) is 62.3 Å². The van der Waals surface area contributed by atoms with E-state index in [1.165, 1.54) is 49.7 Å². The molecule has 0 heterocycles. The molecule has 2 fully saturated rings. The Morgan fingerprint density at radius 2 is 1.68 bits per heavy atom. The first-order valence-electron chi connectivity index (χ1n) is 12.9. The standard InChI is InChI=1S/C30H42O/c1-19-7-6-8-20(2)25(19)17-21(3)26-11-12-27-24-10-9-22-18-23(31)13-15-29(22,4)28(24)14-16-30(26,27)5/h6-9,11,21,23-24,27-28,31H,10,12-18H2,1-5H3/t21-,23+,24+,27+,28+,29+,30-/m1/s1. The zero-order valence-corrected chi connectivity index (χ0v) is 20.4. The van der Waals surface area contributed by atoms with Gasteiger partial charge in [0.1, 0.15) is 0 Å². The Hall–Kier alpha value is -1.34. The smallest absolute Gasteiger partial charge is 0.0577 e. The molecule has 0 aliphatic heterocycles. The van der Waals surface area contributed by atoms with Crippen molar-refractivity contribution in [1.82, 2.24) is 0 Å². The molecule has 2 saturated carbocycles. The van der Waals surface area contributed by atoms with Crippen LogP contribution in [-0.2, 0) is 6.42 Å². The van der Waals surface area contributed by atoms with E-state index in [2.05, 4.69) is 65.0 Å². The first-order valence-corrected chi connectivity index (χ1v) is 12.9. The van der Waals surface area contributed by atoms with E-state index in [1.807, 2.05) is 0 Å². The Morgan fingerprint density at radius 3 is 2.42 bits per heavy atom. The third kappa shape index (κ3) is 3.29. The fourth-order valence-electron chi connectivity index (χ4n) is 8.59. The summed E-state index contributed by atoms with van der Waals surface area (Å²) in [7, 11) is 0. The van der Waals surface area contributed by atoms with Gasteiger partial charge >= 0.3 is 0 Å². The summed E-state index contributed by atoms with van der Waals surface area (Å²) in [6.45, 7) is 12.2. The second-order valence-electron chi connectivity index (χ2n) is 12.0. The molecule has 4 aliphatic carbocycles. The Labute approximate surface area is 190 Å². The van der Waals surface area contributed by atoms with Crippen LogP contribution in [0.25, 0.3) is 0 Å². The highest BCUT2D eigenvalue weighted by Gasteiger charge is 2.56. The molecule has 0 unspecified atom stereocenters. The number of aliphatic hydroxyl groups excluding tert-OH is 1. The van der Waals surface area contributed by atoms with E-state index in [1.54, 1.807) is 16.7 Å². The normalized spacial score (nSPS) is 40.3. The summed E-state index contributed by atoms with van der Waals surface area (Å²) in [6.07, 6.45) is 14.7. The van der Waals surface area contributed by atoms with Gasteiger partial charge in [0.15, 0.2) is 0 Å². The summed E-state index contributed by atoms with van der Waals surface area (Å²) in [4.78, 5) is 0. The molecule has 1 nitrogen and oxygen atoms in total. The van der Waals surface area contributed by atoms with Crippen LogP contribution in [0, 0.1) is 48.3 Å². The molecule has 5 rings (SSSR count). The quantitative estimate of drug-likeness (QED) is 0.509.